The summed E-state index contributed by atoms with van der Waals surface area (Å²) in [5.41, 5.74) is -2.85. The van der Waals surface area contributed by atoms with Crippen LogP contribution in [0.4, 0.5) is 30.7 Å². The number of aryl methyl sites for hydroxylation is 1. The molecule has 0 saturated carbocycles. The largest absolute Gasteiger partial charge is 0.573 e. The van der Waals surface area contributed by atoms with Gasteiger partial charge in [0.05, 0.1) is 11.1 Å². The first-order valence-corrected chi connectivity index (χ1v) is 11.1. The van der Waals surface area contributed by atoms with E-state index in [1.165, 1.54) is 12.1 Å². The fourth-order valence-electron chi connectivity index (χ4n) is 4.07. The van der Waals surface area contributed by atoms with Crippen molar-refractivity contribution in [3.63, 3.8) is 0 Å². The third-order valence-electron chi connectivity index (χ3n) is 5.74. The van der Waals surface area contributed by atoms with Crippen molar-refractivity contribution in [2.24, 2.45) is 0 Å². The summed E-state index contributed by atoms with van der Waals surface area (Å²) < 4.78 is 96.9. The van der Waals surface area contributed by atoms with Gasteiger partial charge in [-0.3, -0.25) is 4.79 Å². The van der Waals surface area contributed by atoms with Gasteiger partial charge in [-0.25, -0.2) is 4.39 Å². The van der Waals surface area contributed by atoms with Gasteiger partial charge in [0.2, 0.25) is 0 Å². The van der Waals surface area contributed by atoms with E-state index in [1.54, 1.807) is 31.2 Å². The van der Waals surface area contributed by atoms with Gasteiger partial charge < -0.3 is 10.1 Å². The lowest BCUT2D eigenvalue weighted by Gasteiger charge is -2.36. The number of carbonyl (C=O) groups excluding carboxylic acids is 1. The lowest BCUT2D eigenvalue weighted by Crippen LogP contribution is -2.49. The Morgan fingerprint density at radius 2 is 1.64 bits per heavy atom. The van der Waals surface area contributed by atoms with Crippen LogP contribution in [0.5, 0.6) is 5.75 Å². The normalized spacial score (nSPS) is 13.5. The summed E-state index contributed by atoms with van der Waals surface area (Å²) in [6, 6.07) is 13.0. The van der Waals surface area contributed by atoms with E-state index in [1.807, 2.05) is 0 Å². The van der Waals surface area contributed by atoms with Crippen molar-refractivity contribution in [1.82, 2.24) is 25.9 Å². The van der Waals surface area contributed by atoms with Crippen LogP contribution in [0.1, 0.15) is 38.4 Å². The number of hydrogen-bond acceptors (Lipinski definition) is 5. The van der Waals surface area contributed by atoms with Gasteiger partial charge in [0.1, 0.15) is 11.6 Å². The fraction of sp³-hybridized carbons (Fsp3) is 0.200. The molecule has 0 aliphatic rings. The highest BCUT2D eigenvalue weighted by atomic mass is 19.4. The van der Waals surface area contributed by atoms with Crippen LogP contribution in [0, 0.1) is 12.7 Å². The van der Waals surface area contributed by atoms with E-state index in [0.717, 1.165) is 18.2 Å². The molecule has 0 saturated heterocycles. The number of aromatic amines is 1. The number of ether oxygens (including phenoxy) is 1. The number of alkyl halides is 6. The Labute approximate surface area is 216 Å². The molecule has 1 heterocycles. The van der Waals surface area contributed by atoms with Crippen LogP contribution in [-0.4, -0.2) is 32.9 Å². The lowest BCUT2D eigenvalue weighted by molar-refractivity contribution is -0.274. The summed E-state index contributed by atoms with van der Waals surface area (Å²) in [7, 11) is 0. The average Bonchev–Trinajstić information content (AvgIpc) is 3.35. The van der Waals surface area contributed by atoms with Gasteiger partial charge in [-0.15, -0.1) is 23.4 Å². The number of nitrogens with one attached hydrogen (secondary N) is 2. The minimum Gasteiger partial charge on any atom is -0.406 e. The fourth-order valence-corrected chi connectivity index (χ4v) is 4.07. The second-order valence-corrected chi connectivity index (χ2v) is 8.50. The molecule has 3 aromatic carbocycles. The van der Waals surface area contributed by atoms with Gasteiger partial charge >= 0.3 is 12.5 Å². The highest BCUT2D eigenvalue weighted by Gasteiger charge is 2.40. The van der Waals surface area contributed by atoms with Gasteiger partial charge in [0, 0.05) is 12.0 Å². The minimum absolute atomic E-state index is 0.0223. The number of nitrogens with zero attached hydrogens (tertiary/aromatic N) is 3. The molecule has 14 heteroatoms. The number of H-pyrrole nitrogens is 1. The summed E-state index contributed by atoms with van der Waals surface area (Å²) in [6.45, 7) is 1.73. The van der Waals surface area contributed by atoms with Crippen molar-refractivity contribution in [2.75, 3.05) is 0 Å². The third kappa shape index (κ3) is 6.33. The smallest absolute Gasteiger partial charge is 0.406 e. The standard InChI is InChI=1S/C25H18F7N5O2/c1-14-4-2-5-16(10-14)23(13-21-34-36-37-35-21,17-6-3-7-18(12-17)39-25(30,31)32)33-22(38)15-8-9-20(26)19(11-15)24(27,28)29/h2-12H,13H2,1H3,(H,33,38)(H,34,35,36,37). The Morgan fingerprint density at radius 1 is 0.949 bits per heavy atom. The first-order valence-electron chi connectivity index (χ1n) is 11.1. The summed E-state index contributed by atoms with van der Waals surface area (Å²) in [5, 5.41) is 16.1. The maximum Gasteiger partial charge on any atom is 0.573 e. The number of hydrogen-bond donors (Lipinski definition) is 2. The molecule has 1 atom stereocenters. The number of rotatable bonds is 7. The van der Waals surface area contributed by atoms with E-state index in [2.05, 4.69) is 30.7 Å². The highest BCUT2D eigenvalue weighted by molar-refractivity contribution is 5.95. The molecular weight excluding hydrogens is 535 g/mol. The van der Waals surface area contributed by atoms with Gasteiger partial charge in [0.25, 0.3) is 5.91 Å². The molecule has 2 N–H and O–H groups in total. The van der Waals surface area contributed by atoms with Gasteiger partial charge in [-0.05, 0) is 48.4 Å². The number of carbonyl (C=O) groups is 1. The van der Waals surface area contributed by atoms with Gasteiger partial charge in [-0.1, -0.05) is 47.2 Å². The molecule has 0 aliphatic carbocycles. The van der Waals surface area contributed by atoms with Crippen LogP contribution in [0.25, 0.3) is 0 Å². The molecule has 39 heavy (non-hydrogen) atoms. The Morgan fingerprint density at radius 3 is 2.26 bits per heavy atom. The van der Waals surface area contributed by atoms with Crippen molar-refractivity contribution in [3.05, 3.63) is 106 Å². The van der Waals surface area contributed by atoms with Gasteiger partial charge in [0.15, 0.2) is 5.82 Å². The Bertz CT molecular complexity index is 1470. The molecule has 7 nitrogen and oxygen atoms in total. The number of tetrazole rings is 1. The van der Waals surface area contributed by atoms with Crippen molar-refractivity contribution in [3.8, 4) is 5.75 Å². The SMILES string of the molecule is Cc1cccc(C(Cc2nn[nH]n2)(NC(=O)c2ccc(F)c(C(F)(F)F)c2)c2cccc(OC(F)(F)F)c2)c1. The molecule has 4 rings (SSSR count). The molecule has 4 aromatic rings. The first-order chi connectivity index (χ1) is 18.3. The zero-order chi connectivity index (χ0) is 28.4. The van der Waals surface area contributed by atoms with Crippen LogP contribution in [0.2, 0.25) is 0 Å². The molecule has 0 aliphatic heterocycles. The zero-order valence-electron chi connectivity index (χ0n) is 19.9. The van der Waals surface area contributed by atoms with E-state index in [9.17, 15) is 35.5 Å². The first kappa shape index (κ1) is 27.5. The maximum absolute atomic E-state index is 13.9. The van der Waals surface area contributed by atoms with Crippen LogP contribution in [-0.2, 0) is 18.1 Å². The van der Waals surface area contributed by atoms with Crippen LogP contribution in [0.3, 0.4) is 0 Å². The molecular formula is C25H18F7N5O2. The number of aromatic nitrogens is 4. The van der Waals surface area contributed by atoms with Crippen molar-refractivity contribution >= 4 is 5.91 Å². The highest BCUT2D eigenvalue weighted by Crippen LogP contribution is 2.37. The van der Waals surface area contributed by atoms with Crippen molar-refractivity contribution in [2.45, 2.75) is 31.4 Å². The second-order valence-electron chi connectivity index (χ2n) is 8.50. The minimum atomic E-state index is -5.08. The average molecular weight is 553 g/mol. The van der Waals surface area contributed by atoms with E-state index >= 15 is 0 Å². The van der Waals surface area contributed by atoms with E-state index in [4.69, 9.17) is 0 Å². The topological polar surface area (TPSA) is 92.8 Å². The predicted molar refractivity (Wildman–Crippen MR) is 122 cm³/mol. The Hall–Kier alpha value is -4.49. The monoisotopic (exact) mass is 553 g/mol. The Kier molecular flexibility index (Phi) is 7.31. The molecule has 0 spiro atoms. The lowest BCUT2D eigenvalue weighted by atomic mass is 9.78. The molecule has 0 bridgehead atoms. The molecule has 1 unspecified atom stereocenters. The van der Waals surface area contributed by atoms with Crippen molar-refractivity contribution in [1.29, 1.82) is 0 Å². The zero-order valence-corrected chi connectivity index (χ0v) is 19.9. The van der Waals surface area contributed by atoms with E-state index in [0.29, 0.717) is 23.3 Å². The predicted octanol–water partition coefficient (Wildman–Crippen LogP) is 5.48. The van der Waals surface area contributed by atoms with Gasteiger partial charge in [-0.2, -0.15) is 18.4 Å². The molecule has 1 aromatic heterocycles. The van der Waals surface area contributed by atoms with E-state index in [-0.39, 0.29) is 17.8 Å². The maximum atomic E-state index is 13.9. The van der Waals surface area contributed by atoms with Crippen LogP contribution >= 0.6 is 0 Å². The summed E-state index contributed by atoms with van der Waals surface area (Å²) in [4.78, 5) is 13.4. The third-order valence-corrected chi connectivity index (χ3v) is 5.74. The second kappa shape index (κ2) is 10.3. The summed E-state index contributed by atoms with van der Waals surface area (Å²) >= 11 is 0. The number of amides is 1. The van der Waals surface area contributed by atoms with Crippen molar-refractivity contribution < 1.29 is 40.3 Å². The van der Waals surface area contributed by atoms with Crippen LogP contribution < -0.4 is 10.1 Å². The quantitative estimate of drug-likeness (QED) is 0.296. The number of halogens is 7. The molecule has 204 valence electrons. The molecule has 0 radical (unpaired) electrons. The van der Waals surface area contributed by atoms with E-state index < -0.39 is 46.7 Å². The molecule has 1 amide bonds. The number of benzene rings is 3. The Balaban J connectivity index is 1.91. The van der Waals surface area contributed by atoms with Crippen LogP contribution in [0.15, 0.2) is 66.7 Å². The summed E-state index contributed by atoms with van der Waals surface area (Å²) in [5.74, 6) is -3.24. The molecule has 0 fully saturated rings. The summed E-state index contributed by atoms with van der Waals surface area (Å²) in [6.07, 6.45) is -10.4.